The Kier molecular flexibility index (Phi) is 4.15. The molecule has 4 rings (SSSR count). The lowest BCUT2D eigenvalue weighted by Crippen LogP contribution is -2.11. The molecular weight excluding hydrogens is 374 g/mol. The van der Waals surface area contributed by atoms with Crippen LogP contribution in [0.15, 0.2) is 52.3 Å². The molecule has 0 saturated heterocycles. The molecule has 11 heteroatoms. The number of non-ortho nitro benzene ring substituents is 1. The van der Waals surface area contributed by atoms with E-state index < -0.39 is 14.9 Å². The van der Waals surface area contributed by atoms with Crippen LogP contribution in [0.4, 0.5) is 11.4 Å². The molecule has 1 aliphatic carbocycles. The fraction of sp³-hybridized carbons (Fsp3) is 0.250. The van der Waals surface area contributed by atoms with Crippen molar-refractivity contribution in [2.24, 2.45) is 5.92 Å². The summed E-state index contributed by atoms with van der Waals surface area (Å²) >= 11 is 0. The van der Waals surface area contributed by atoms with Crippen molar-refractivity contribution in [3.05, 3.63) is 52.8 Å². The minimum Gasteiger partial charge on any atom is -0.342 e. The Hall–Kier alpha value is -3.21. The Morgan fingerprint density at radius 1 is 1.30 bits per heavy atom. The first-order valence-corrected chi connectivity index (χ1v) is 9.66. The van der Waals surface area contributed by atoms with Crippen LogP contribution < -0.4 is 4.72 Å². The second kappa shape index (κ2) is 6.50. The molecule has 1 N–H and O–H groups in total. The largest absolute Gasteiger partial charge is 0.342 e. The van der Waals surface area contributed by atoms with Crippen LogP contribution in [0.5, 0.6) is 0 Å². The summed E-state index contributed by atoms with van der Waals surface area (Å²) in [6, 6.07) is 6.83. The predicted molar refractivity (Wildman–Crippen MR) is 94.4 cm³/mol. The number of nitrogens with one attached hydrogen (secondary N) is 1. The molecular formula is C16H15N5O5S. The standard InChI is InChI=1S/C16H15N5O5S/c22-21(23)14-5-3-12(4-6-14)15-7-16(26-18-15)27(24,25)19-13-8-17-20(10-13)9-11-1-2-11/h3-8,10-11,19H,1-2,9H2. The number of nitrogens with zero attached hydrogens (tertiary/aromatic N) is 4. The van der Waals surface area contributed by atoms with Crippen molar-refractivity contribution in [2.75, 3.05) is 4.72 Å². The summed E-state index contributed by atoms with van der Waals surface area (Å²) in [6.45, 7) is 0.772. The summed E-state index contributed by atoms with van der Waals surface area (Å²) in [6.07, 6.45) is 5.41. The summed E-state index contributed by atoms with van der Waals surface area (Å²) < 4.78 is 34.0. The van der Waals surface area contributed by atoms with Crippen LogP contribution in [-0.4, -0.2) is 28.3 Å². The molecule has 1 aromatic carbocycles. The van der Waals surface area contributed by atoms with Crippen molar-refractivity contribution in [3.8, 4) is 11.3 Å². The summed E-state index contributed by atoms with van der Waals surface area (Å²) in [5, 5.41) is 18.2. The summed E-state index contributed by atoms with van der Waals surface area (Å²) in [4.78, 5) is 10.2. The van der Waals surface area contributed by atoms with E-state index in [-0.39, 0.29) is 16.5 Å². The van der Waals surface area contributed by atoms with Gasteiger partial charge in [0.15, 0.2) is 0 Å². The van der Waals surface area contributed by atoms with E-state index in [4.69, 9.17) is 4.52 Å². The normalized spacial score (nSPS) is 14.2. The molecule has 2 heterocycles. The summed E-state index contributed by atoms with van der Waals surface area (Å²) in [5.74, 6) is 0.618. The van der Waals surface area contributed by atoms with Gasteiger partial charge in [0.25, 0.3) is 20.8 Å². The lowest BCUT2D eigenvalue weighted by atomic mass is 10.1. The molecule has 1 fully saturated rings. The highest BCUT2D eigenvalue weighted by atomic mass is 32.2. The fourth-order valence-corrected chi connectivity index (χ4v) is 3.48. The Morgan fingerprint density at radius 3 is 2.70 bits per heavy atom. The smallest absolute Gasteiger partial charge is 0.298 e. The number of nitro groups is 1. The molecule has 0 atom stereocenters. The third kappa shape index (κ3) is 3.82. The Balaban J connectivity index is 1.50. The van der Waals surface area contributed by atoms with Crippen LogP contribution in [0.3, 0.4) is 0 Å². The molecule has 1 saturated carbocycles. The Morgan fingerprint density at radius 2 is 2.04 bits per heavy atom. The second-order valence-corrected chi connectivity index (χ2v) is 7.95. The SMILES string of the molecule is O=[N+]([O-])c1ccc(-c2cc(S(=O)(=O)Nc3cnn(CC4CC4)c3)on2)cc1. The lowest BCUT2D eigenvalue weighted by Gasteiger charge is -2.01. The van der Waals surface area contributed by atoms with E-state index >= 15 is 0 Å². The van der Waals surface area contributed by atoms with Crippen molar-refractivity contribution in [3.63, 3.8) is 0 Å². The zero-order valence-corrected chi connectivity index (χ0v) is 14.8. The van der Waals surface area contributed by atoms with E-state index in [1.165, 1.54) is 49.4 Å². The van der Waals surface area contributed by atoms with Gasteiger partial charge in [-0.1, -0.05) is 5.16 Å². The molecule has 27 heavy (non-hydrogen) atoms. The van der Waals surface area contributed by atoms with Crippen molar-refractivity contribution >= 4 is 21.4 Å². The van der Waals surface area contributed by atoms with Crippen molar-refractivity contribution < 1.29 is 17.9 Å². The highest BCUT2D eigenvalue weighted by Crippen LogP contribution is 2.30. The van der Waals surface area contributed by atoms with Crippen LogP contribution in [0.25, 0.3) is 11.3 Å². The van der Waals surface area contributed by atoms with Gasteiger partial charge in [-0.2, -0.15) is 13.5 Å². The Bertz CT molecular complexity index is 1080. The van der Waals surface area contributed by atoms with Gasteiger partial charge in [-0.15, -0.1) is 0 Å². The van der Waals surface area contributed by atoms with Gasteiger partial charge in [-0.25, -0.2) is 0 Å². The monoisotopic (exact) mass is 389 g/mol. The molecule has 2 aromatic heterocycles. The molecule has 140 valence electrons. The molecule has 0 radical (unpaired) electrons. The zero-order valence-electron chi connectivity index (χ0n) is 14.0. The van der Waals surface area contributed by atoms with Crippen LogP contribution in [0.2, 0.25) is 0 Å². The van der Waals surface area contributed by atoms with Crippen LogP contribution in [-0.2, 0) is 16.6 Å². The average Bonchev–Trinajstić information content (AvgIpc) is 3.12. The van der Waals surface area contributed by atoms with Crippen LogP contribution in [0, 0.1) is 16.0 Å². The van der Waals surface area contributed by atoms with Gasteiger partial charge in [-0.3, -0.25) is 19.5 Å². The van der Waals surface area contributed by atoms with Gasteiger partial charge in [-0.05, 0) is 30.9 Å². The predicted octanol–water partition coefficient (Wildman–Crippen LogP) is 2.66. The van der Waals surface area contributed by atoms with Crippen molar-refractivity contribution in [2.45, 2.75) is 24.5 Å². The zero-order chi connectivity index (χ0) is 19.0. The minimum atomic E-state index is -3.96. The third-order valence-corrected chi connectivity index (χ3v) is 5.38. The highest BCUT2D eigenvalue weighted by molar-refractivity contribution is 7.92. The van der Waals surface area contributed by atoms with Gasteiger partial charge < -0.3 is 4.52 Å². The number of benzene rings is 1. The fourth-order valence-electron chi connectivity index (χ4n) is 2.56. The summed E-state index contributed by atoms with van der Waals surface area (Å²) in [7, 11) is -3.96. The molecule has 0 amide bonds. The minimum absolute atomic E-state index is 0.0695. The summed E-state index contributed by atoms with van der Waals surface area (Å²) in [5.41, 5.74) is 1.03. The lowest BCUT2D eigenvalue weighted by molar-refractivity contribution is -0.384. The average molecular weight is 389 g/mol. The number of rotatable bonds is 7. The van der Waals surface area contributed by atoms with E-state index in [1.807, 2.05) is 0 Å². The number of hydrogen-bond acceptors (Lipinski definition) is 7. The Labute approximate surface area is 154 Å². The van der Waals surface area contributed by atoms with Crippen LogP contribution in [0.1, 0.15) is 12.8 Å². The number of nitro benzene ring substituents is 1. The first-order valence-electron chi connectivity index (χ1n) is 8.17. The first-order chi connectivity index (χ1) is 12.9. The first kappa shape index (κ1) is 17.2. The number of hydrogen-bond donors (Lipinski definition) is 1. The molecule has 0 bridgehead atoms. The number of aromatic nitrogens is 3. The molecule has 0 unspecified atom stereocenters. The van der Waals surface area contributed by atoms with E-state index in [1.54, 1.807) is 10.9 Å². The molecule has 0 spiro atoms. The maximum Gasteiger partial charge on any atom is 0.298 e. The van der Waals surface area contributed by atoms with Gasteiger partial charge in [0.2, 0.25) is 0 Å². The van der Waals surface area contributed by atoms with Gasteiger partial charge in [0.05, 0.1) is 16.8 Å². The third-order valence-electron chi connectivity index (χ3n) is 4.15. The van der Waals surface area contributed by atoms with E-state index in [2.05, 4.69) is 15.0 Å². The second-order valence-electron chi connectivity index (χ2n) is 6.34. The van der Waals surface area contributed by atoms with E-state index in [9.17, 15) is 18.5 Å². The quantitative estimate of drug-likeness (QED) is 0.485. The highest BCUT2D eigenvalue weighted by Gasteiger charge is 2.24. The van der Waals surface area contributed by atoms with E-state index in [0.717, 1.165) is 6.54 Å². The number of anilines is 1. The molecule has 1 aliphatic rings. The van der Waals surface area contributed by atoms with E-state index in [0.29, 0.717) is 17.2 Å². The van der Waals surface area contributed by atoms with Gasteiger partial charge in [0.1, 0.15) is 5.69 Å². The molecule has 0 aliphatic heterocycles. The van der Waals surface area contributed by atoms with Gasteiger partial charge in [0, 0.05) is 36.5 Å². The molecule has 10 nitrogen and oxygen atoms in total. The maximum absolute atomic E-state index is 12.5. The maximum atomic E-state index is 12.5. The van der Waals surface area contributed by atoms with Crippen molar-refractivity contribution in [1.29, 1.82) is 0 Å². The van der Waals surface area contributed by atoms with Crippen LogP contribution >= 0.6 is 0 Å². The number of sulfonamides is 1. The van der Waals surface area contributed by atoms with Gasteiger partial charge >= 0.3 is 0 Å². The topological polar surface area (TPSA) is 133 Å². The molecule has 3 aromatic rings. The van der Waals surface area contributed by atoms with Crippen molar-refractivity contribution in [1.82, 2.24) is 14.9 Å².